The monoisotopic (exact) mass is 1380 g/mol. The highest BCUT2D eigenvalue weighted by atomic mass is 32.2. The molecule has 0 aromatic heterocycles. The van der Waals surface area contributed by atoms with Gasteiger partial charge in [0.2, 0.25) is 0 Å². The third kappa shape index (κ3) is 12.4. The number of hydrogen-bond acceptors (Lipinski definition) is 4. The Bertz CT molecular complexity index is 5080. The molecule has 0 amide bonds. The Kier molecular flexibility index (Phi) is 18.1. The Morgan fingerprint density at radius 2 is 0.587 bits per heavy atom. The second kappa shape index (κ2) is 27.9. The van der Waals surface area contributed by atoms with E-state index >= 15 is 0 Å². The van der Waals surface area contributed by atoms with Crippen LogP contribution in [0.25, 0.3) is 45.5 Å². The Hall–Kier alpha value is -11.1. The van der Waals surface area contributed by atoms with Crippen molar-refractivity contribution < 1.29 is 0 Å². The number of hydrogen-bond donors (Lipinski definition) is 0. The molecule has 0 aliphatic heterocycles. The highest BCUT2D eigenvalue weighted by Crippen LogP contribution is 2.60. The minimum atomic E-state index is -0.612. The summed E-state index contributed by atoms with van der Waals surface area (Å²) in [6, 6.07) is 128. The van der Waals surface area contributed by atoms with Crippen molar-refractivity contribution >= 4 is 69.8 Å². The van der Waals surface area contributed by atoms with Crippen LogP contribution in [-0.2, 0) is 33.2 Å². The van der Waals surface area contributed by atoms with Gasteiger partial charge in [-0.1, -0.05) is 310 Å². The first-order valence-electron chi connectivity index (χ1n) is 36.2. The standard InChI is InChI=1S/C100H84N2S2/c1-9-69-29-33-71(34-30-69)67-103-87-59-49-79(50-60-87)99(77-45-41-75(42-46-77)97(3,4)5)93-27-19-17-25-89(93)91-63-57-85(65-95(91)99)101(81-21-13-11-14-22-81)83-53-37-73(38-54-83)74-39-55-84(56-40-74)102(82-23-15-12-16-24-82)86-58-64-92-90-26-18-20-28-94(90)100(96(92)66-86,78-47-43-76(44-48-78)98(6,7)8)80-51-61-88(62-52-80)104-68-72-35-31-70(10-2)32-36-72/h9-66H,1-2,67-68H2,3-8H3. The summed E-state index contributed by atoms with van der Waals surface area (Å²) in [5, 5.41) is 0. The van der Waals surface area contributed by atoms with E-state index in [2.05, 4.69) is 404 Å². The Morgan fingerprint density at radius 3 is 0.923 bits per heavy atom. The van der Waals surface area contributed by atoms with Crippen molar-refractivity contribution in [1.29, 1.82) is 0 Å². The predicted octanol–water partition coefficient (Wildman–Crippen LogP) is 27.5. The van der Waals surface area contributed by atoms with Crippen LogP contribution in [0.2, 0.25) is 0 Å². The highest BCUT2D eigenvalue weighted by molar-refractivity contribution is 7.98. The smallest absolute Gasteiger partial charge is 0.0714 e. The number of benzene rings is 14. The van der Waals surface area contributed by atoms with Crippen molar-refractivity contribution in [1.82, 2.24) is 0 Å². The van der Waals surface area contributed by atoms with Crippen molar-refractivity contribution in [3.05, 3.63) is 431 Å². The van der Waals surface area contributed by atoms with E-state index in [4.69, 9.17) is 0 Å². The first kappa shape index (κ1) is 67.4. The van der Waals surface area contributed by atoms with Gasteiger partial charge in [0.25, 0.3) is 0 Å². The number of rotatable bonds is 19. The van der Waals surface area contributed by atoms with Gasteiger partial charge in [-0.05, 0) is 219 Å². The molecule has 2 unspecified atom stereocenters. The number of thioether (sulfide) groups is 2. The maximum Gasteiger partial charge on any atom is 0.0714 e. The molecular formula is C100H84N2S2. The highest BCUT2D eigenvalue weighted by Gasteiger charge is 2.48. The zero-order valence-corrected chi connectivity index (χ0v) is 61.7. The lowest BCUT2D eigenvalue weighted by Gasteiger charge is -2.35. The van der Waals surface area contributed by atoms with Crippen molar-refractivity contribution in [2.24, 2.45) is 0 Å². The normalized spacial score (nSPS) is 14.9. The molecule has 2 atom stereocenters. The van der Waals surface area contributed by atoms with Crippen LogP contribution >= 0.6 is 23.5 Å². The van der Waals surface area contributed by atoms with Crippen molar-refractivity contribution in [3.8, 4) is 33.4 Å². The molecule has 14 aromatic rings. The fourth-order valence-electron chi connectivity index (χ4n) is 15.9. The number of nitrogens with zero attached hydrogens (tertiary/aromatic N) is 2. The van der Waals surface area contributed by atoms with Gasteiger partial charge in [-0.3, -0.25) is 0 Å². The maximum absolute atomic E-state index is 3.96. The van der Waals surface area contributed by atoms with Gasteiger partial charge in [0.05, 0.1) is 10.8 Å². The first-order chi connectivity index (χ1) is 50.7. The molecule has 104 heavy (non-hydrogen) atoms. The molecule has 2 aliphatic rings. The minimum absolute atomic E-state index is 0.00208. The second-order valence-electron chi connectivity index (χ2n) is 29.7. The van der Waals surface area contributed by atoms with E-state index in [9.17, 15) is 0 Å². The van der Waals surface area contributed by atoms with Gasteiger partial charge in [0.15, 0.2) is 0 Å². The average Bonchev–Trinajstić information content (AvgIpc) is 1.64. The average molecular weight is 1380 g/mol. The molecule has 2 aliphatic carbocycles. The molecule has 0 spiro atoms. The molecule has 0 saturated carbocycles. The quantitative estimate of drug-likeness (QED) is 0.0744. The summed E-state index contributed by atoms with van der Waals surface area (Å²) in [6.07, 6.45) is 3.80. The summed E-state index contributed by atoms with van der Waals surface area (Å²) in [7, 11) is 0. The van der Waals surface area contributed by atoms with Crippen LogP contribution < -0.4 is 9.80 Å². The molecule has 0 N–H and O–H groups in total. The molecule has 0 saturated heterocycles. The molecule has 0 bridgehead atoms. The van der Waals surface area contributed by atoms with Gasteiger partial charge in [-0.25, -0.2) is 0 Å². The molecule has 506 valence electrons. The Morgan fingerprint density at radius 1 is 0.288 bits per heavy atom. The van der Waals surface area contributed by atoms with Crippen LogP contribution in [0, 0.1) is 0 Å². The van der Waals surface area contributed by atoms with Crippen LogP contribution in [0.15, 0.2) is 363 Å². The largest absolute Gasteiger partial charge is 0.310 e. The van der Waals surface area contributed by atoms with Crippen LogP contribution in [0.1, 0.15) is 119 Å². The lowest BCUT2D eigenvalue weighted by atomic mass is 9.67. The lowest BCUT2D eigenvalue weighted by molar-refractivity contribution is 0.589. The van der Waals surface area contributed by atoms with E-state index in [1.165, 1.54) is 98.8 Å². The van der Waals surface area contributed by atoms with E-state index in [-0.39, 0.29) is 10.8 Å². The summed E-state index contributed by atoms with van der Waals surface area (Å²) < 4.78 is 0. The Labute approximate surface area is 623 Å². The molecule has 0 radical (unpaired) electrons. The summed E-state index contributed by atoms with van der Waals surface area (Å²) in [5.74, 6) is 1.77. The number of para-hydroxylation sites is 2. The van der Waals surface area contributed by atoms with Crippen LogP contribution in [0.3, 0.4) is 0 Å². The van der Waals surface area contributed by atoms with Crippen LogP contribution in [-0.4, -0.2) is 0 Å². The Balaban J connectivity index is 0.753. The maximum atomic E-state index is 3.96. The van der Waals surface area contributed by atoms with Gasteiger partial charge >= 0.3 is 0 Å². The van der Waals surface area contributed by atoms with Crippen LogP contribution in [0.5, 0.6) is 0 Å². The van der Waals surface area contributed by atoms with E-state index in [0.29, 0.717) is 0 Å². The van der Waals surface area contributed by atoms with E-state index in [1.807, 2.05) is 35.7 Å². The molecular weight excluding hydrogens is 1290 g/mol. The number of anilines is 6. The summed E-state index contributed by atoms with van der Waals surface area (Å²) in [4.78, 5) is 7.33. The van der Waals surface area contributed by atoms with Gasteiger partial charge in [-0.15, -0.1) is 23.5 Å². The van der Waals surface area contributed by atoms with Gasteiger partial charge in [-0.2, -0.15) is 0 Å². The van der Waals surface area contributed by atoms with Gasteiger partial charge in [0.1, 0.15) is 0 Å². The van der Waals surface area contributed by atoms with Crippen molar-refractivity contribution in [2.75, 3.05) is 9.80 Å². The molecule has 14 aromatic carbocycles. The van der Waals surface area contributed by atoms with E-state index in [0.717, 1.165) is 67.9 Å². The molecule has 4 heteroatoms. The molecule has 0 heterocycles. The van der Waals surface area contributed by atoms with Crippen molar-refractivity contribution in [3.63, 3.8) is 0 Å². The summed E-state index contributed by atoms with van der Waals surface area (Å²) in [5.41, 5.74) is 30.1. The lowest BCUT2D eigenvalue weighted by Crippen LogP contribution is -2.29. The van der Waals surface area contributed by atoms with Gasteiger partial charge < -0.3 is 9.80 Å². The molecule has 16 rings (SSSR count). The third-order valence-corrected chi connectivity index (χ3v) is 23.5. The van der Waals surface area contributed by atoms with Gasteiger partial charge in [0, 0.05) is 55.4 Å². The SMILES string of the molecule is C=Cc1ccc(CSc2ccc(C3(c4ccc(C(C)(C)C)cc4)c4ccccc4-c4ccc(N(c5ccccc5)c5ccc(-c6ccc(N(c7ccccc7)c7ccc8c(c7)C(c7ccc(SCc9ccc(C=C)cc9)cc7)(c7ccc(C(C)(C)C)cc7)c7ccccc7-8)cc6)cc5)cc43)cc2)cc1. The summed E-state index contributed by atoms with van der Waals surface area (Å²) >= 11 is 3.75. The summed E-state index contributed by atoms with van der Waals surface area (Å²) in [6.45, 7) is 21.7. The fraction of sp³-hybridized carbons (Fsp3) is 0.120. The molecule has 2 nitrogen and oxygen atoms in total. The first-order valence-corrected chi connectivity index (χ1v) is 38.2. The second-order valence-corrected chi connectivity index (χ2v) is 31.8. The predicted molar refractivity (Wildman–Crippen MR) is 445 cm³/mol. The zero-order chi connectivity index (χ0) is 71.2. The topological polar surface area (TPSA) is 6.48 Å². The fourth-order valence-corrected chi connectivity index (χ4v) is 17.6. The zero-order valence-electron chi connectivity index (χ0n) is 60.0. The van der Waals surface area contributed by atoms with Crippen molar-refractivity contribution in [2.45, 2.75) is 84.5 Å². The van der Waals surface area contributed by atoms with E-state index < -0.39 is 10.8 Å². The number of fused-ring (bicyclic) bond motifs is 6. The van der Waals surface area contributed by atoms with Crippen LogP contribution in [0.4, 0.5) is 34.1 Å². The van der Waals surface area contributed by atoms with E-state index in [1.54, 1.807) is 0 Å². The third-order valence-electron chi connectivity index (χ3n) is 21.4. The molecule has 0 fully saturated rings. The minimum Gasteiger partial charge on any atom is -0.310 e.